The van der Waals surface area contributed by atoms with Gasteiger partial charge in [0, 0.05) is 17.2 Å². The number of amides is 1. The number of nitrogens with one attached hydrogen (secondary N) is 1. The number of aliphatic carboxylic acids is 1. The second kappa shape index (κ2) is 6.83. The highest BCUT2D eigenvalue weighted by Crippen LogP contribution is 2.24. The topological polar surface area (TPSA) is 79.3 Å². The Hall–Kier alpha value is -1.43. The molecule has 1 unspecified atom stereocenters. The number of carboxylic acid groups (broad SMARTS) is 1. The third-order valence-corrected chi connectivity index (χ3v) is 3.33. The number of rotatable bonds is 5. The molecule has 0 aliphatic heterocycles. The maximum atomic E-state index is 12.0. The molecule has 0 saturated carbocycles. The van der Waals surface area contributed by atoms with Crippen molar-refractivity contribution in [1.29, 1.82) is 0 Å². The quantitative estimate of drug-likeness (QED) is 0.862. The molecule has 1 amide bonds. The Morgan fingerprint density at radius 3 is 2.60 bits per heavy atom. The first-order valence-corrected chi connectivity index (χ1v) is 7.11. The van der Waals surface area contributed by atoms with Crippen LogP contribution in [0.5, 0.6) is 0 Å². The van der Waals surface area contributed by atoms with Crippen LogP contribution in [0.15, 0.2) is 22.8 Å². The van der Waals surface area contributed by atoms with Crippen molar-refractivity contribution in [1.82, 2.24) is 10.3 Å². The molecule has 0 aliphatic rings. The Labute approximate surface area is 126 Å². The lowest BCUT2D eigenvalue weighted by Gasteiger charge is -2.23. The molecule has 1 aromatic heterocycles. The van der Waals surface area contributed by atoms with Gasteiger partial charge in [-0.25, -0.2) is 4.98 Å². The Balaban J connectivity index is 2.67. The molecular weight excluding hydrogens is 324 g/mol. The summed E-state index contributed by atoms with van der Waals surface area (Å²) in [5.41, 5.74) is 0.145. The van der Waals surface area contributed by atoms with E-state index in [9.17, 15) is 14.7 Å². The molecule has 1 atom stereocenters. The lowest BCUT2D eigenvalue weighted by molar-refractivity contribution is -0.142. The van der Waals surface area contributed by atoms with Crippen molar-refractivity contribution in [2.75, 3.05) is 6.54 Å². The Bertz CT molecular complexity index is 497. The van der Waals surface area contributed by atoms with Crippen LogP contribution in [0.3, 0.4) is 0 Å². The van der Waals surface area contributed by atoms with Crippen molar-refractivity contribution in [2.45, 2.75) is 27.2 Å². The van der Waals surface area contributed by atoms with Crippen molar-refractivity contribution in [3.63, 3.8) is 0 Å². The zero-order valence-corrected chi connectivity index (χ0v) is 13.4. The molecule has 1 aromatic rings. The predicted molar refractivity (Wildman–Crippen MR) is 79.5 cm³/mol. The number of aromatic nitrogens is 1. The number of hydrogen-bond acceptors (Lipinski definition) is 3. The molecule has 6 heteroatoms. The van der Waals surface area contributed by atoms with E-state index in [1.54, 1.807) is 12.1 Å². The highest BCUT2D eigenvalue weighted by Gasteiger charge is 2.25. The van der Waals surface area contributed by atoms with E-state index in [1.807, 2.05) is 20.8 Å². The number of carbonyl (C=O) groups excluding carboxylic acids is 1. The molecule has 1 rings (SSSR count). The highest BCUT2D eigenvalue weighted by atomic mass is 79.9. The van der Waals surface area contributed by atoms with Crippen LogP contribution in [0.1, 0.15) is 37.7 Å². The number of carbonyl (C=O) groups is 2. The van der Waals surface area contributed by atoms with E-state index in [0.717, 1.165) is 0 Å². The molecular formula is C14H19BrN2O3. The van der Waals surface area contributed by atoms with Gasteiger partial charge in [-0.15, -0.1) is 0 Å². The van der Waals surface area contributed by atoms with Crippen molar-refractivity contribution >= 4 is 27.8 Å². The van der Waals surface area contributed by atoms with E-state index < -0.39 is 11.9 Å². The van der Waals surface area contributed by atoms with Crippen LogP contribution in [-0.2, 0) is 4.79 Å². The van der Waals surface area contributed by atoms with Gasteiger partial charge in [0.2, 0.25) is 0 Å². The largest absolute Gasteiger partial charge is 0.481 e. The summed E-state index contributed by atoms with van der Waals surface area (Å²) in [6.45, 7) is 6.01. The summed E-state index contributed by atoms with van der Waals surface area (Å²) in [6, 6.07) is 3.42. The first kappa shape index (κ1) is 16.6. The minimum Gasteiger partial charge on any atom is -0.481 e. The third-order valence-electron chi connectivity index (χ3n) is 2.69. The molecule has 0 aromatic carbocycles. The van der Waals surface area contributed by atoms with Gasteiger partial charge in [0.05, 0.1) is 5.92 Å². The van der Waals surface area contributed by atoms with Crippen LogP contribution in [0, 0.1) is 11.3 Å². The van der Waals surface area contributed by atoms with Gasteiger partial charge in [0.25, 0.3) is 5.91 Å². The molecule has 2 N–H and O–H groups in total. The number of carboxylic acids is 1. The molecule has 1 heterocycles. The van der Waals surface area contributed by atoms with E-state index in [2.05, 4.69) is 26.2 Å². The van der Waals surface area contributed by atoms with E-state index >= 15 is 0 Å². The molecule has 0 fully saturated rings. The van der Waals surface area contributed by atoms with Gasteiger partial charge >= 0.3 is 5.97 Å². The Morgan fingerprint density at radius 1 is 1.45 bits per heavy atom. The standard InChI is InChI=1S/C14H19BrN2O3/c1-14(2,3)7-9(13(19)20)8-17-12(18)11-10(15)5-4-6-16-11/h4-6,9H,7-8H2,1-3H3,(H,17,18)(H,19,20). The highest BCUT2D eigenvalue weighted by molar-refractivity contribution is 9.10. The summed E-state index contributed by atoms with van der Waals surface area (Å²) in [5.74, 6) is -1.89. The first-order valence-electron chi connectivity index (χ1n) is 6.32. The van der Waals surface area contributed by atoms with E-state index in [-0.39, 0.29) is 23.6 Å². The fourth-order valence-corrected chi connectivity index (χ4v) is 2.27. The number of nitrogens with zero attached hydrogens (tertiary/aromatic N) is 1. The van der Waals surface area contributed by atoms with Crippen LogP contribution in [0.2, 0.25) is 0 Å². The molecule has 0 spiro atoms. The van der Waals surface area contributed by atoms with Crippen LogP contribution >= 0.6 is 15.9 Å². The van der Waals surface area contributed by atoms with Gasteiger partial charge in [0.1, 0.15) is 5.69 Å². The smallest absolute Gasteiger partial charge is 0.308 e. The summed E-state index contributed by atoms with van der Waals surface area (Å²) >= 11 is 3.24. The van der Waals surface area contributed by atoms with Gasteiger partial charge < -0.3 is 10.4 Å². The van der Waals surface area contributed by atoms with E-state index in [0.29, 0.717) is 10.9 Å². The molecule has 20 heavy (non-hydrogen) atoms. The van der Waals surface area contributed by atoms with Crippen LogP contribution in [0.25, 0.3) is 0 Å². The van der Waals surface area contributed by atoms with Gasteiger partial charge in [-0.05, 0) is 39.9 Å². The van der Waals surface area contributed by atoms with E-state index in [4.69, 9.17) is 0 Å². The number of pyridine rings is 1. The average molecular weight is 343 g/mol. The molecule has 110 valence electrons. The molecule has 0 saturated heterocycles. The zero-order chi connectivity index (χ0) is 15.3. The Morgan fingerprint density at radius 2 is 2.10 bits per heavy atom. The van der Waals surface area contributed by atoms with Crippen LogP contribution < -0.4 is 5.32 Å². The molecule has 0 radical (unpaired) electrons. The summed E-state index contributed by atoms with van der Waals surface area (Å²) in [5, 5.41) is 11.8. The summed E-state index contributed by atoms with van der Waals surface area (Å²) < 4.78 is 0.584. The number of halogens is 1. The van der Waals surface area contributed by atoms with Crippen molar-refractivity contribution in [3.8, 4) is 0 Å². The lowest BCUT2D eigenvalue weighted by atomic mass is 9.84. The minimum absolute atomic E-state index is 0.0917. The zero-order valence-electron chi connectivity index (χ0n) is 11.8. The fraction of sp³-hybridized carbons (Fsp3) is 0.500. The van der Waals surface area contributed by atoms with Gasteiger partial charge in [-0.2, -0.15) is 0 Å². The lowest BCUT2D eigenvalue weighted by Crippen LogP contribution is -2.35. The fourth-order valence-electron chi connectivity index (χ4n) is 1.84. The molecule has 0 aliphatic carbocycles. The van der Waals surface area contributed by atoms with E-state index in [1.165, 1.54) is 6.20 Å². The second-order valence-corrected chi connectivity index (χ2v) is 6.70. The summed E-state index contributed by atoms with van der Waals surface area (Å²) in [7, 11) is 0. The summed E-state index contributed by atoms with van der Waals surface area (Å²) in [4.78, 5) is 27.1. The van der Waals surface area contributed by atoms with Gasteiger partial charge in [-0.1, -0.05) is 20.8 Å². The van der Waals surface area contributed by atoms with Crippen molar-refractivity contribution in [2.24, 2.45) is 11.3 Å². The van der Waals surface area contributed by atoms with Gasteiger partial charge in [0.15, 0.2) is 0 Å². The minimum atomic E-state index is -0.902. The Kier molecular flexibility index (Phi) is 5.68. The average Bonchev–Trinajstić information content (AvgIpc) is 2.33. The van der Waals surface area contributed by atoms with Crippen molar-refractivity contribution < 1.29 is 14.7 Å². The normalized spacial score (nSPS) is 12.8. The van der Waals surface area contributed by atoms with Crippen LogP contribution in [0.4, 0.5) is 0 Å². The van der Waals surface area contributed by atoms with Gasteiger partial charge in [-0.3, -0.25) is 9.59 Å². The van der Waals surface area contributed by atoms with Crippen LogP contribution in [-0.4, -0.2) is 28.5 Å². The third kappa shape index (κ3) is 5.28. The predicted octanol–water partition coefficient (Wildman–Crippen LogP) is 2.71. The first-order chi connectivity index (χ1) is 9.20. The summed E-state index contributed by atoms with van der Waals surface area (Å²) in [6.07, 6.45) is 2.01. The van der Waals surface area contributed by atoms with Crippen molar-refractivity contribution in [3.05, 3.63) is 28.5 Å². The SMILES string of the molecule is CC(C)(C)CC(CNC(=O)c1ncccc1Br)C(=O)O. The molecule has 0 bridgehead atoms. The maximum Gasteiger partial charge on any atom is 0.308 e. The molecule has 5 nitrogen and oxygen atoms in total. The number of hydrogen-bond donors (Lipinski definition) is 2. The second-order valence-electron chi connectivity index (χ2n) is 5.84. The maximum absolute atomic E-state index is 12.0. The monoisotopic (exact) mass is 342 g/mol.